The highest BCUT2D eigenvalue weighted by Gasteiger charge is 2.27. The lowest BCUT2D eigenvalue weighted by molar-refractivity contribution is -0.144. The first-order chi connectivity index (χ1) is 19.7. The minimum absolute atomic E-state index is 0.111. The van der Waals surface area contributed by atoms with Gasteiger partial charge in [-0.1, -0.05) is 65.3 Å². The summed E-state index contributed by atoms with van der Waals surface area (Å²) in [6, 6.07) is 23.3. The molecule has 5 rings (SSSR count). The van der Waals surface area contributed by atoms with Crippen molar-refractivity contribution in [3.8, 4) is 0 Å². The Morgan fingerprint density at radius 1 is 0.976 bits per heavy atom. The molecule has 2 aromatic heterocycles. The number of hydrogen-bond donors (Lipinski definition) is 2. The molecule has 0 saturated carbocycles. The maximum atomic E-state index is 13.3. The maximum Gasteiger partial charge on any atom is 0.329 e. The van der Waals surface area contributed by atoms with Gasteiger partial charge in [-0.15, -0.1) is 0 Å². The number of hydrogen-bond acceptors (Lipinski definition) is 6. The second kappa shape index (κ2) is 11.8. The Morgan fingerprint density at radius 3 is 2.44 bits per heavy atom. The van der Waals surface area contributed by atoms with Crippen LogP contribution in [-0.4, -0.2) is 28.7 Å². The second-order valence-electron chi connectivity index (χ2n) is 10.3. The van der Waals surface area contributed by atoms with E-state index in [9.17, 15) is 14.7 Å². The Hall–Kier alpha value is -4.69. The number of fused-ring (bicyclic) bond motifs is 1. The summed E-state index contributed by atoms with van der Waals surface area (Å²) in [4.78, 5) is 24.6. The van der Waals surface area contributed by atoms with Crippen molar-refractivity contribution >= 4 is 22.8 Å². The minimum atomic E-state index is -1.10. The van der Waals surface area contributed by atoms with Gasteiger partial charge in [-0.05, 0) is 68.1 Å². The van der Waals surface area contributed by atoms with Crippen LogP contribution in [-0.2, 0) is 20.7 Å². The predicted octanol–water partition coefficient (Wildman–Crippen LogP) is 6.29. The van der Waals surface area contributed by atoms with E-state index in [1.165, 1.54) is 5.56 Å². The van der Waals surface area contributed by atoms with Crippen LogP contribution in [0.5, 0.6) is 0 Å². The first-order valence-electron chi connectivity index (χ1n) is 13.4. The molecule has 41 heavy (non-hydrogen) atoms. The summed E-state index contributed by atoms with van der Waals surface area (Å²) in [6.45, 7) is 7.11. The average Bonchev–Trinajstić information content (AvgIpc) is 3.51. The summed E-state index contributed by atoms with van der Waals surface area (Å²) in [7, 11) is 0. The van der Waals surface area contributed by atoms with E-state index in [0.29, 0.717) is 28.4 Å². The molecule has 0 fully saturated rings. The lowest BCUT2D eigenvalue weighted by Gasteiger charge is -2.22. The Balaban J connectivity index is 1.40. The Labute approximate surface area is 237 Å². The molecule has 0 aliphatic heterocycles. The monoisotopic (exact) mass is 552 g/mol. The summed E-state index contributed by atoms with van der Waals surface area (Å²) in [5.41, 5.74) is 6.97. The molecule has 8 heteroatoms. The van der Waals surface area contributed by atoms with E-state index in [0.717, 1.165) is 27.6 Å². The number of nitrogens with zero attached hydrogens (tertiary/aromatic N) is 1. The molecule has 0 spiro atoms. The van der Waals surface area contributed by atoms with Gasteiger partial charge in [0.05, 0.1) is 23.7 Å². The van der Waals surface area contributed by atoms with Gasteiger partial charge >= 0.3 is 5.97 Å². The number of ether oxygens (including phenoxy) is 1. The van der Waals surface area contributed by atoms with E-state index in [1.54, 1.807) is 19.9 Å². The van der Waals surface area contributed by atoms with E-state index in [4.69, 9.17) is 13.7 Å². The topological polar surface area (TPSA) is 115 Å². The molecule has 0 bridgehead atoms. The van der Waals surface area contributed by atoms with Gasteiger partial charge in [-0.25, -0.2) is 4.79 Å². The molecule has 5 aromatic rings. The number of aliphatic carboxylic acids is 1. The van der Waals surface area contributed by atoms with Crippen molar-refractivity contribution in [2.45, 2.75) is 46.3 Å². The molecule has 210 valence electrons. The summed E-state index contributed by atoms with van der Waals surface area (Å²) >= 11 is 0. The molecular weight excluding hydrogens is 520 g/mol. The lowest BCUT2D eigenvalue weighted by Crippen LogP contribution is -2.31. The fourth-order valence-corrected chi connectivity index (χ4v) is 5.21. The molecule has 0 saturated heterocycles. The smallest absolute Gasteiger partial charge is 0.329 e. The number of aryl methyl sites for hydroxylation is 4. The number of nitrogens with one attached hydrogen (secondary N) is 1. The largest absolute Gasteiger partial charge is 0.480 e. The maximum absolute atomic E-state index is 13.3. The Morgan fingerprint density at radius 2 is 1.76 bits per heavy atom. The van der Waals surface area contributed by atoms with Crippen LogP contribution in [0, 0.1) is 27.7 Å². The quantitative estimate of drug-likeness (QED) is 0.209. The molecule has 3 aromatic carbocycles. The van der Waals surface area contributed by atoms with Crippen molar-refractivity contribution in [1.29, 1.82) is 0 Å². The third-order valence-electron chi connectivity index (χ3n) is 7.12. The fraction of sp³-hybridized carbons (Fsp3) is 0.242. The number of benzene rings is 3. The molecule has 0 aliphatic carbocycles. The summed E-state index contributed by atoms with van der Waals surface area (Å²) in [6.07, 6.45) is -0.631. The van der Waals surface area contributed by atoms with Gasteiger partial charge in [0.25, 0.3) is 0 Å². The van der Waals surface area contributed by atoms with Crippen molar-refractivity contribution in [2.24, 2.45) is 0 Å². The Kier molecular flexibility index (Phi) is 8.03. The molecule has 0 aliphatic rings. The zero-order valence-electron chi connectivity index (χ0n) is 23.4. The van der Waals surface area contributed by atoms with Crippen LogP contribution in [0.1, 0.15) is 62.7 Å². The minimum Gasteiger partial charge on any atom is -0.480 e. The fourth-order valence-electron chi connectivity index (χ4n) is 5.21. The van der Waals surface area contributed by atoms with Gasteiger partial charge in [0.15, 0.2) is 0 Å². The van der Waals surface area contributed by atoms with Crippen LogP contribution >= 0.6 is 0 Å². The first-order valence-corrected chi connectivity index (χ1v) is 13.4. The van der Waals surface area contributed by atoms with Crippen LogP contribution < -0.4 is 5.32 Å². The highest BCUT2D eigenvalue weighted by atomic mass is 16.5. The van der Waals surface area contributed by atoms with E-state index < -0.39 is 18.7 Å². The van der Waals surface area contributed by atoms with Gasteiger partial charge in [-0.3, -0.25) is 4.79 Å². The second-order valence-corrected chi connectivity index (χ2v) is 10.3. The number of carbonyl (C=O) groups excluding carboxylic acids is 1. The van der Waals surface area contributed by atoms with Gasteiger partial charge in [0.2, 0.25) is 5.91 Å². The van der Waals surface area contributed by atoms with E-state index in [-0.39, 0.29) is 18.4 Å². The molecule has 1 amide bonds. The number of carboxylic acid groups (broad SMARTS) is 1. The molecule has 8 nitrogen and oxygen atoms in total. The molecule has 0 radical (unpaired) electrons. The number of furan rings is 1. The number of amides is 1. The third-order valence-corrected chi connectivity index (χ3v) is 7.12. The summed E-state index contributed by atoms with van der Waals surface area (Å²) < 4.78 is 17.1. The van der Waals surface area contributed by atoms with Crippen LogP contribution in [0.2, 0.25) is 0 Å². The van der Waals surface area contributed by atoms with Crippen LogP contribution in [0.3, 0.4) is 0 Å². The molecule has 2 atom stereocenters. The number of aromatic nitrogens is 1. The van der Waals surface area contributed by atoms with Gasteiger partial charge in [0.1, 0.15) is 29.8 Å². The zero-order valence-corrected chi connectivity index (χ0v) is 23.4. The average molecular weight is 553 g/mol. The van der Waals surface area contributed by atoms with Gasteiger partial charge < -0.3 is 24.1 Å². The van der Waals surface area contributed by atoms with E-state index >= 15 is 0 Å². The molecule has 2 N–H and O–H groups in total. The highest BCUT2D eigenvalue weighted by Crippen LogP contribution is 2.35. The number of carbonyl (C=O) groups is 2. The van der Waals surface area contributed by atoms with Gasteiger partial charge in [0, 0.05) is 5.39 Å². The van der Waals surface area contributed by atoms with Crippen LogP contribution in [0.25, 0.3) is 11.0 Å². The molecular formula is C33H32N2O6. The SMILES string of the molecule is Cc1ccc(C(NC(=O)Cc2ccc3oc(C(OCC(=O)O)c4c(C)noc4C)cc3c2)c2ccccc2)c(C)c1. The molecule has 2 heterocycles. The summed E-state index contributed by atoms with van der Waals surface area (Å²) in [5.74, 6) is -0.259. The third kappa shape index (κ3) is 6.23. The van der Waals surface area contributed by atoms with Crippen molar-refractivity contribution in [3.63, 3.8) is 0 Å². The summed E-state index contributed by atoms with van der Waals surface area (Å²) in [5, 5.41) is 17.2. The van der Waals surface area contributed by atoms with Crippen molar-refractivity contribution in [1.82, 2.24) is 10.5 Å². The lowest BCUT2D eigenvalue weighted by atomic mass is 9.93. The highest BCUT2D eigenvalue weighted by molar-refractivity contribution is 5.83. The standard InChI is InChI=1S/C33H32N2O6/c1-19-10-12-26(20(2)14-19)32(24-8-6-5-7-9-24)34-29(36)16-23-11-13-27-25(15-23)17-28(40-27)33(39-18-30(37)38)31-21(3)35-41-22(31)4/h5-15,17,32-33H,16,18H2,1-4H3,(H,34,36)(H,37,38). The van der Waals surface area contributed by atoms with E-state index in [2.05, 4.69) is 42.5 Å². The van der Waals surface area contributed by atoms with Crippen LogP contribution in [0.15, 0.2) is 81.7 Å². The molecule has 2 unspecified atom stereocenters. The van der Waals surface area contributed by atoms with Crippen molar-refractivity contribution in [3.05, 3.63) is 123 Å². The number of carboxylic acids is 1. The van der Waals surface area contributed by atoms with Crippen LogP contribution in [0.4, 0.5) is 0 Å². The first kappa shape index (κ1) is 27.9. The van der Waals surface area contributed by atoms with Crippen molar-refractivity contribution < 1.29 is 28.4 Å². The Bertz CT molecular complexity index is 1680. The number of rotatable bonds is 10. The normalized spacial score (nSPS) is 12.8. The van der Waals surface area contributed by atoms with E-state index in [1.807, 2.05) is 48.5 Å². The predicted molar refractivity (Wildman–Crippen MR) is 154 cm³/mol. The zero-order chi connectivity index (χ0) is 29.1. The van der Waals surface area contributed by atoms with Crippen molar-refractivity contribution in [2.75, 3.05) is 6.61 Å². The van der Waals surface area contributed by atoms with Gasteiger partial charge in [-0.2, -0.15) is 0 Å².